The van der Waals surface area contributed by atoms with E-state index in [4.69, 9.17) is 4.74 Å². The fourth-order valence-corrected chi connectivity index (χ4v) is 1.22. The molecule has 0 saturated carbocycles. The number of hydrogen-bond acceptors (Lipinski definition) is 2. The molecule has 0 atom stereocenters. The van der Waals surface area contributed by atoms with Crippen LogP contribution in [0, 0.1) is 0 Å². The minimum atomic E-state index is 0.768. The van der Waals surface area contributed by atoms with Crippen molar-refractivity contribution in [2.45, 2.75) is 6.54 Å². The molecule has 0 aromatic heterocycles. The van der Waals surface area contributed by atoms with Crippen molar-refractivity contribution in [1.29, 1.82) is 0 Å². The van der Waals surface area contributed by atoms with Crippen LogP contribution in [0.15, 0.2) is 24.3 Å². The van der Waals surface area contributed by atoms with Crippen LogP contribution in [0.2, 0.25) is 0 Å². The van der Waals surface area contributed by atoms with Crippen LogP contribution in [-0.2, 0) is 6.54 Å². The highest BCUT2D eigenvalue weighted by Gasteiger charge is 1.98. The van der Waals surface area contributed by atoms with Crippen LogP contribution in [0.5, 0.6) is 5.75 Å². The SMILES string of the molecule is COc1ccccc1CNBr. The molecular formula is C8H10BrNO. The van der Waals surface area contributed by atoms with E-state index < -0.39 is 0 Å². The Bertz CT molecular complexity index is 227. The first kappa shape index (κ1) is 8.56. The molecule has 2 nitrogen and oxygen atoms in total. The number of ether oxygens (including phenoxy) is 1. The summed E-state index contributed by atoms with van der Waals surface area (Å²) in [6.45, 7) is 0.768. The summed E-state index contributed by atoms with van der Waals surface area (Å²) in [5.41, 5.74) is 1.15. The summed E-state index contributed by atoms with van der Waals surface area (Å²) in [5.74, 6) is 0.916. The van der Waals surface area contributed by atoms with E-state index in [9.17, 15) is 0 Å². The monoisotopic (exact) mass is 215 g/mol. The molecular weight excluding hydrogens is 206 g/mol. The molecule has 60 valence electrons. The molecule has 0 radical (unpaired) electrons. The zero-order valence-electron chi connectivity index (χ0n) is 6.30. The van der Waals surface area contributed by atoms with E-state index in [1.165, 1.54) is 0 Å². The van der Waals surface area contributed by atoms with Crippen LogP contribution < -0.4 is 9.08 Å². The van der Waals surface area contributed by atoms with Gasteiger partial charge in [0.1, 0.15) is 5.75 Å². The predicted molar refractivity (Wildman–Crippen MR) is 48.8 cm³/mol. The van der Waals surface area contributed by atoms with Crippen molar-refractivity contribution < 1.29 is 4.74 Å². The van der Waals surface area contributed by atoms with Crippen LogP contribution in [0.4, 0.5) is 0 Å². The van der Waals surface area contributed by atoms with Gasteiger partial charge < -0.3 is 4.74 Å². The summed E-state index contributed by atoms with van der Waals surface area (Å²) >= 11 is 3.14. The van der Waals surface area contributed by atoms with E-state index in [0.29, 0.717) is 0 Å². The third kappa shape index (κ3) is 2.20. The first-order valence-corrected chi connectivity index (χ1v) is 4.13. The normalized spacial score (nSPS) is 9.64. The smallest absolute Gasteiger partial charge is 0.123 e. The Morgan fingerprint density at radius 3 is 2.82 bits per heavy atom. The molecule has 11 heavy (non-hydrogen) atoms. The lowest BCUT2D eigenvalue weighted by Gasteiger charge is -2.05. The number of halogens is 1. The van der Waals surface area contributed by atoms with Crippen LogP contribution in [0.3, 0.4) is 0 Å². The van der Waals surface area contributed by atoms with Crippen LogP contribution in [0.25, 0.3) is 0 Å². The van der Waals surface area contributed by atoms with Gasteiger partial charge in [-0.15, -0.1) is 0 Å². The lowest BCUT2D eigenvalue weighted by atomic mass is 10.2. The number of hydrogen-bond donors (Lipinski definition) is 1. The van der Waals surface area contributed by atoms with Gasteiger partial charge in [-0.2, -0.15) is 0 Å². The third-order valence-electron chi connectivity index (χ3n) is 1.45. The number of para-hydroxylation sites is 1. The van der Waals surface area contributed by atoms with E-state index in [2.05, 4.69) is 20.5 Å². The van der Waals surface area contributed by atoms with E-state index in [0.717, 1.165) is 17.9 Å². The average molecular weight is 216 g/mol. The van der Waals surface area contributed by atoms with Gasteiger partial charge in [0.25, 0.3) is 0 Å². The summed E-state index contributed by atoms with van der Waals surface area (Å²) < 4.78 is 8.03. The first-order valence-electron chi connectivity index (χ1n) is 3.34. The minimum Gasteiger partial charge on any atom is -0.496 e. The van der Waals surface area contributed by atoms with Gasteiger partial charge in [-0.3, -0.25) is 4.34 Å². The molecule has 1 N–H and O–H groups in total. The molecule has 0 aliphatic heterocycles. The van der Waals surface area contributed by atoms with Crippen molar-refractivity contribution in [3.05, 3.63) is 29.8 Å². The molecule has 0 spiro atoms. The van der Waals surface area contributed by atoms with E-state index in [1.807, 2.05) is 24.3 Å². The molecule has 0 heterocycles. The van der Waals surface area contributed by atoms with Gasteiger partial charge in [-0.1, -0.05) is 18.2 Å². The Morgan fingerprint density at radius 2 is 2.18 bits per heavy atom. The van der Waals surface area contributed by atoms with Crippen molar-refractivity contribution in [1.82, 2.24) is 4.34 Å². The lowest BCUT2D eigenvalue weighted by molar-refractivity contribution is 0.409. The summed E-state index contributed by atoms with van der Waals surface area (Å²) in [7, 11) is 1.67. The van der Waals surface area contributed by atoms with Crippen molar-refractivity contribution in [2.24, 2.45) is 0 Å². The highest BCUT2D eigenvalue weighted by Crippen LogP contribution is 2.16. The molecule has 1 rings (SSSR count). The van der Waals surface area contributed by atoms with Gasteiger partial charge in [0.2, 0.25) is 0 Å². The zero-order valence-corrected chi connectivity index (χ0v) is 7.89. The molecule has 0 aliphatic carbocycles. The molecule has 0 saturated heterocycles. The maximum atomic E-state index is 5.14. The first-order chi connectivity index (χ1) is 5.38. The Balaban J connectivity index is 2.83. The highest BCUT2D eigenvalue weighted by atomic mass is 79.9. The van der Waals surface area contributed by atoms with Gasteiger partial charge in [0, 0.05) is 28.3 Å². The number of nitrogens with one attached hydrogen (secondary N) is 1. The maximum absolute atomic E-state index is 5.14. The quantitative estimate of drug-likeness (QED) is 0.781. The molecule has 3 heteroatoms. The Hall–Kier alpha value is -0.540. The molecule has 1 aromatic rings. The zero-order chi connectivity index (χ0) is 8.10. The van der Waals surface area contributed by atoms with Gasteiger partial charge in [0.05, 0.1) is 7.11 Å². The molecule has 1 aromatic carbocycles. The van der Waals surface area contributed by atoms with Gasteiger partial charge in [-0.05, 0) is 6.07 Å². The van der Waals surface area contributed by atoms with Gasteiger partial charge in [0.15, 0.2) is 0 Å². The maximum Gasteiger partial charge on any atom is 0.123 e. The molecule has 0 aliphatic rings. The fraction of sp³-hybridized carbons (Fsp3) is 0.250. The van der Waals surface area contributed by atoms with Crippen molar-refractivity contribution >= 4 is 16.1 Å². The lowest BCUT2D eigenvalue weighted by Crippen LogP contribution is -1.99. The number of benzene rings is 1. The summed E-state index contributed by atoms with van der Waals surface area (Å²) in [6, 6.07) is 7.91. The predicted octanol–water partition coefficient (Wildman–Crippen LogP) is 2.09. The Labute approximate surface area is 74.9 Å². The standard InChI is InChI=1S/C8H10BrNO/c1-11-8-5-3-2-4-7(8)6-10-9/h2-5,10H,6H2,1H3. The van der Waals surface area contributed by atoms with Crippen molar-refractivity contribution in [3.63, 3.8) is 0 Å². The second-order valence-electron chi connectivity index (χ2n) is 2.12. The Morgan fingerprint density at radius 1 is 1.45 bits per heavy atom. The van der Waals surface area contributed by atoms with Crippen LogP contribution >= 0.6 is 16.1 Å². The number of methoxy groups -OCH3 is 1. The second kappa shape index (κ2) is 4.36. The van der Waals surface area contributed by atoms with E-state index in [1.54, 1.807) is 7.11 Å². The summed E-state index contributed by atoms with van der Waals surface area (Å²) in [6.07, 6.45) is 0. The highest BCUT2D eigenvalue weighted by molar-refractivity contribution is 9.08. The topological polar surface area (TPSA) is 21.3 Å². The fourth-order valence-electron chi connectivity index (χ4n) is 0.921. The largest absolute Gasteiger partial charge is 0.496 e. The van der Waals surface area contributed by atoms with Crippen molar-refractivity contribution in [2.75, 3.05) is 7.11 Å². The molecule has 0 amide bonds. The summed E-state index contributed by atoms with van der Waals surface area (Å²) in [5, 5.41) is 0. The average Bonchev–Trinajstić information content (AvgIpc) is 2.06. The molecule has 0 bridgehead atoms. The summed E-state index contributed by atoms with van der Waals surface area (Å²) in [4.78, 5) is 0. The Kier molecular flexibility index (Phi) is 3.39. The third-order valence-corrected chi connectivity index (χ3v) is 1.73. The van der Waals surface area contributed by atoms with Gasteiger partial charge in [-0.25, -0.2) is 0 Å². The van der Waals surface area contributed by atoms with Crippen LogP contribution in [0.1, 0.15) is 5.56 Å². The number of rotatable bonds is 3. The minimum absolute atomic E-state index is 0.768. The molecule has 0 unspecified atom stereocenters. The van der Waals surface area contributed by atoms with E-state index >= 15 is 0 Å². The second-order valence-corrected chi connectivity index (χ2v) is 2.68. The molecule has 0 fully saturated rings. The van der Waals surface area contributed by atoms with Crippen molar-refractivity contribution in [3.8, 4) is 5.75 Å². The van der Waals surface area contributed by atoms with Gasteiger partial charge >= 0.3 is 0 Å². The van der Waals surface area contributed by atoms with Crippen LogP contribution in [-0.4, -0.2) is 7.11 Å². The van der Waals surface area contributed by atoms with E-state index in [-0.39, 0.29) is 0 Å².